The van der Waals surface area contributed by atoms with E-state index in [1.54, 1.807) is 43.3 Å². The van der Waals surface area contributed by atoms with Crippen LogP contribution in [0, 0.1) is 0 Å². The molecular weight excluding hydrogens is 626 g/mol. The van der Waals surface area contributed by atoms with Crippen LogP contribution in [0.15, 0.2) is 100 Å². The van der Waals surface area contributed by atoms with Crippen LogP contribution in [0.4, 0.5) is 10.5 Å². The van der Waals surface area contributed by atoms with Gasteiger partial charge in [0.05, 0.1) is 0 Å². The molecule has 2 aliphatic rings. The van der Waals surface area contributed by atoms with E-state index in [-0.39, 0.29) is 24.5 Å². The summed E-state index contributed by atoms with van der Waals surface area (Å²) in [6.07, 6.45) is 1.27. The highest BCUT2D eigenvalue weighted by Gasteiger charge is 2.26. The van der Waals surface area contributed by atoms with Crippen LogP contribution in [0.3, 0.4) is 0 Å². The zero-order chi connectivity index (χ0) is 34.6. The van der Waals surface area contributed by atoms with Gasteiger partial charge in [0.1, 0.15) is 42.3 Å². The predicted molar refractivity (Wildman–Crippen MR) is 185 cm³/mol. The first kappa shape index (κ1) is 34.6. The number of nitrogens with zero attached hydrogens (tertiary/aromatic N) is 1. The van der Waals surface area contributed by atoms with E-state index in [9.17, 15) is 19.2 Å². The Morgan fingerprint density at radius 2 is 1.61 bits per heavy atom. The Hall–Kier alpha value is -5.75. The van der Waals surface area contributed by atoms with E-state index < -0.39 is 24.1 Å². The zero-order valence-corrected chi connectivity index (χ0v) is 27.1. The van der Waals surface area contributed by atoms with Crippen LogP contribution in [0.25, 0.3) is 22.6 Å². The molecule has 12 nitrogen and oxygen atoms in total. The van der Waals surface area contributed by atoms with Crippen LogP contribution in [0.1, 0.15) is 43.7 Å². The molecule has 2 atom stereocenters. The van der Waals surface area contributed by atoms with Gasteiger partial charge in [-0.3, -0.25) is 14.4 Å². The van der Waals surface area contributed by atoms with Crippen molar-refractivity contribution in [2.24, 2.45) is 5.73 Å². The molecule has 254 valence electrons. The smallest absolute Gasteiger partial charge is 0.408 e. The number of anilines is 1. The van der Waals surface area contributed by atoms with Gasteiger partial charge in [-0.2, -0.15) is 0 Å². The average molecular weight is 666 g/mol. The first-order chi connectivity index (χ1) is 23.8. The lowest BCUT2D eigenvalue weighted by Gasteiger charge is -2.22. The van der Waals surface area contributed by atoms with Gasteiger partial charge in [-0.05, 0) is 79.8 Å². The Kier molecular flexibility index (Phi) is 11.9. The third-order valence-electron chi connectivity index (χ3n) is 7.76. The van der Waals surface area contributed by atoms with Crippen molar-refractivity contribution in [3.8, 4) is 17.2 Å². The van der Waals surface area contributed by atoms with Crippen molar-refractivity contribution in [2.75, 3.05) is 11.9 Å². The quantitative estimate of drug-likeness (QED) is 0.0873. The number of nitrogens with one attached hydrogen (secondary N) is 3. The lowest BCUT2D eigenvalue weighted by atomic mass is 10.1. The maximum Gasteiger partial charge on any atom is 0.408 e. The number of ether oxygens (including phenoxy) is 2. The number of fused-ring (bicyclic) bond motifs is 2. The highest BCUT2D eigenvalue weighted by molar-refractivity contribution is 5.98. The molecule has 3 aromatic rings. The highest BCUT2D eigenvalue weighted by atomic mass is 16.5. The molecule has 0 spiro atoms. The van der Waals surface area contributed by atoms with Crippen molar-refractivity contribution in [2.45, 2.75) is 57.9 Å². The predicted octanol–water partition coefficient (Wildman–Crippen LogP) is 5.13. The average Bonchev–Trinajstić information content (AvgIpc) is 3.11. The monoisotopic (exact) mass is 665 g/mol. The van der Waals surface area contributed by atoms with Crippen LogP contribution < -0.4 is 31.8 Å². The highest BCUT2D eigenvalue weighted by Crippen LogP contribution is 2.27. The van der Waals surface area contributed by atoms with Gasteiger partial charge in [-0.1, -0.05) is 49.4 Å². The first-order valence-corrected chi connectivity index (χ1v) is 16.2. The molecule has 0 aromatic heterocycles. The topological polar surface area (TPSA) is 175 Å². The molecule has 12 heteroatoms. The number of unbranched alkanes of at least 4 members (excludes halogenated alkanes) is 1. The lowest BCUT2D eigenvalue weighted by molar-refractivity contribution is -0.128. The number of rotatable bonds is 15. The minimum absolute atomic E-state index is 0.0692. The van der Waals surface area contributed by atoms with Crippen molar-refractivity contribution in [1.82, 2.24) is 15.6 Å². The molecule has 1 unspecified atom stereocenters. The van der Waals surface area contributed by atoms with Gasteiger partial charge in [-0.15, -0.1) is 0 Å². The molecule has 1 aliphatic carbocycles. The minimum Gasteiger partial charge on any atom is -0.489 e. The first-order valence-electron chi connectivity index (χ1n) is 16.2. The Balaban J connectivity index is 1.15. The van der Waals surface area contributed by atoms with Crippen molar-refractivity contribution in [3.05, 3.63) is 112 Å². The second-order valence-corrected chi connectivity index (χ2v) is 11.5. The third-order valence-corrected chi connectivity index (χ3v) is 7.76. The normalized spacial score (nSPS) is 12.2. The second-order valence-electron chi connectivity index (χ2n) is 11.5. The summed E-state index contributed by atoms with van der Waals surface area (Å²) < 4.78 is 17.1. The summed E-state index contributed by atoms with van der Waals surface area (Å²) in [7, 11) is 0. The van der Waals surface area contributed by atoms with Crippen molar-refractivity contribution in [1.29, 1.82) is 0 Å². The summed E-state index contributed by atoms with van der Waals surface area (Å²) in [6, 6.07) is 24.4. The number of hydrogen-bond acceptors (Lipinski definition) is 9. The van der Waals surface area contributed by atoms with Gasteiger partial charge in [0.15, 0.2) is 16.8 Å². The number of hydrogen-bond donors (Lipinski definition) is 4. The number of benzene rings is 4. The van der Waals surface area contributed by atoms with Gasteiger partial charge in [0, 0.05) is 17.8 Å². The van der Waals surface area contributed by atoms with Crippen LogP contribution >= 0.6 is 0 Å². The molecule has 0 fully saturated rings. The molecule has 0 radical (unpaired) electrons. The van der Waals surface area contributed by atoms with E-state index in [1.165, 1.54) is 12.1 Å². The van der Waals surface area contributed by atoms with E-state index in [1.807, 2.05) is 42.5 Å². The summed E-state index contributed by atoms with van der Waals surface area (Å²) in [5.74, 6) is 0.0895. The minimum atomic E-state index is -0.884. The number of alkyl carbamates (subject to hydrolysis) is 1. The molecule has 1 heterocycles. The van der Waals surface area contributed by atoms with Crippen LogP contribution in [-0.4, -0.2) is 41.5 Å². The molecule has 0 saturated carbocycles. The molecule has 1 aliphatic heterocycles. The largest absolute Gasteiger partial charge is 0.489 e. The zero-order valence-electron chi connectivity index (χ0n) is 27.1. The van der Waals surface area contributed by atoms with Crippen molar-refractivity contribution >= 4 is 34.7 Å². The molecule has 3 aromatic carbocycles. The molecule has 0 bridgehead atoms. The Labute approximate surface area is 283 Å². The molecule has 0 saturated heterocycles. The molecule has 5 rings (SSSR count). The number of nitrogens with two attached hydrogens (primary N) is 1. The fourth-order valence-corrected chi connectivity index (χ4v) is 5.05. The summed E-state index contributed by atoms with van der Waals surface area (Å²) in [6.45, 7) is 2.54. The van der Waals surface area contributed by atoms with Gasteiger partial charge >= 0.3 is 6.09 Å². The van der Waals surface area contributed by atoms with Gasteiger partial charge in [0.2, 0.25) is 11.8 Å². The number of carbonyl (C=O) groups is 3. The van der Waals surface area contributed by atoms with E-state index >= 15 is 0 Å². The Morgan fingerprint density at radius 1 is 0.837 bits per heavy atom. The Morgan fingerprint density at radius 3 is 2.37 bits per heavy atom. The maximum atomic E-state index is 13.3. The SMILES string of the molecule is CCC(NC(=O)OCc1ccccc1)C(=O)N[C@@H](CCCCN)C(=O)Nc1ccc(COc2ccc3nc4ccc(=O)cc-4oc3c2)cc1. The van der Waals surface area contributed by atoms with E-state index in [0.717, 1.165) is 11.1 Å². The van der Waals surface area contributed by atoms with E-state index in [0.29, 0.717) is 66.2 Å². The van der Waals surface area contributed by atoms with Gasteiger partial charge in [-0.25, -0.2) is 9.78 Å². The number of carbonyl (C=O) groups excluding carboxylic acids is 3. The fraction of sp³-hybridized carbons (Fsp3) is 0.270. The van der Waals surface area contributed by atoms with Crippen LogP contribution in [0.2, 0.25) is 0 Å². The van der Waals surface area contributed by atoms with Crippen LogP contribution in [0.5, 0.6) is 5.75 Å². The van der Waals surface area contributed by atoms with Gasteiger partial charge < -0.3 is 35.6 Å². The molecule has 5 N–H and O–H groups in total. The van der Waals surface area contributed by atoms with Crippen LogP contribution in [-0.2, 0) is 27.5 Å². The molecular formula is C37H39N5O7. The Bertz CT molecular complexity index is 1900. The molecule has 49 heavy (non-hydrogen) atoms. The third kappa shape index (κ3) is 9.88. The summed E-state index contributed by atoms with van der Waals surface area (Å²) in [4.78, 5) is 55.1. The number of amides is 3. The fourth-order valence-electron chi connectivity index (χ4n) is 5.05. The second kappa shape index (κ2) is 16.9. The molecule has 3 amide bonds. The van der Waals surface area contributed by atoms with Crippen molar-refractivity contribution in [3.63, 3.8) is 0 Å². The summed E-state index contributed by atoms with van der Waals surface area (Å²) in [5, 5.41) is 8.25. The number of aromatic nitrogens is 1. The van der Waals surface area contributed by atoms with Gasteiger partial charge in [0.25, 0.3) is 0 Å². The maximum absolute atomic E-state index is 13.3. The van der Waals surface area contributed by atoms with Crippen molar-refractivity contribution < 1.29 is 28.3 Å². The summed E-state index contributed by atoms with van der Waals surface area (Å²) in [5.41, 5.74) is 9.44. The van der Waals surface area contributed by atoms with E-state index in [4.69, 9.17) is 19.6 Å². The lowest BCUT2D eigenvalue weighted by Crippen LogP contribution is -2.52. The summed E-state index contributed by atoms with van der Waals surface area (Å²) >= 11 is 0. The standard InChI is InChI=1S/C37H39N5O7/c1-2-29(42-37(46)48-23-24-8-4-3-5-9-24)35(44)41-32(10-6-7-19-38)36(45)39-26-13-11-25(12-14-26)22-47-28-16-18-31-34(21-28)49-33-20-27(43)15-17-30(33)40-31/h3-5,8-9,11-18,20-21,29,32H,2,6-7,10,19,22-23,38H2,1H3,(H,39,45)(H,41,44)(H,42,46)/t29?,32-/m0/s1. The van der Waals surface area contributed by atoms with E-state index in [2.05, 4.69) is 20.9 Å².